The monoisotopic (exact) mass is 201 g/mol. The van der Waals surface area contributed by atoms with Crippen LogP contribution in [0.4, 0.5) is 0 Å². The highest BCUT2D eigenvalue weighted by Gasteiger charge is 2.24. The summed E-state index contributed by atoms with van der Waals surface area (Å²) in [6.07, 6.45) is 5.96. The third kappa shape index (κ3) is 4.12. The van der Waals surface area contributed by atoms with Gasteiger partial charge < -0.3 is 5.32 Å². The molecule has 1 aliphatic carbocycles. The van der Waals surface area contributed by atoms with Crippen molar-refractivity contribution in [1.82, 2.24) is 5.32 Å². The zero-order chi connectivity index (χ0) is 11.0. The maximum Gasteiger partial charge on any atom is 0.222 e. The van der Waals surface area contributed by atoms with Gasteiger partial charge in [0.1, 0.15) is 0 Å². The Morgan fingerprint density at radius 2 is 1.79 bits per heavy atom. The van der Waals surface area contributed by atoms with Gasteiger partial charge in [-0.15, -0.1) is 0 Å². The lowest BCUT2D eigenvalue weighted by Crippen LogP contribution is -2.30. The second kappa shape index (κ2) is 7.84. The molecule has 1 rings (SSSR count). The molecule has 14 heavy (non-hydrogen) atoms. The minimum absolute atomic E-state index is 0. The summed E-state index contributed by atoms with van der Waals surface area (Å²) >= 11 is 0. The molecule has 1 amide bonds. The number of nitrogens with one attached hydrogen (secondary N) is 1. The molecular weight excluding hydrogens is 174 g/mol. The van der Waals surface area contributed by atoms with Crippen molar-refractivity contribution >= 4 is 5.91 Å². The lowest BCUT2D eigenvalue weighted by atomic mass is 9.80. The number of carbonyl (C=O) groups is 1. The summed E-state index contributed by atoms with van der Waals surface area (Å²) in [5, 5.41) is 2.73. The van der Waals surface area contributed by atoms with E-state index < -0.39 is 0 Å². The fourth-order valence-electron chi connectivity index (χ4n) is 2.04. The summed E-state index contributed by atoms with van der Waals surface area (Å²) in [6, 6.07) is 0. The van der Waals surface area contributed by atoms with Crippen molar-refractivity contribution < 1.29 is 6.22 Å². The molecule has 86 valence electrons. The van der Waals surface area contributed by atoms with Crippen LogP contribution in [0.2, 0.25) is 0 Å². The van der Waals surface area contributed by atoms with Gasteiger partial charge in [0, 0.05) is 14.4 Å². The first-order valence-electron chi connectivity index (χ1n) is 5.99. The maximum absolute atomic E-state index is 11.3. The Morgan fingerprint density at radius 1 is 1.29 bits per heavy atom. The molecule has 0 aromatic rings. The summed E-state index contributed by atoms with van der Waals surface area (Å²) in [5.41, 5.74) is 0. The highest BCUT2D eigenvalue weighted by molar-refractivity contribution is 5.78. The van der Waals surface area contributed by atoms with Gasteiger partial charge in [0.25, 0.3) is 0 Å². The van der Waals surface area contributed by atoms with Crippen LogP contribution >= 0.6 is 0 Å². The number of hydrogen-bond acceptors (Lipinski definition) is 1. The molecule has 2 nitrogen and oxygen atoms in total. The summed E-state index contributed by atoms with van der Waals surface area (Å²) in [6.45, 7) is 6.24. The lowest BCUT2D eigenvalue weighted by Gasteiger charge is -2.26. The molecule has 0 spiro atoms. The molecule has 0 heterocycles. The normalized spacial score (nSPS) is 26.0. The van der Waals surface area contributed by atoms with Crippen LogP contribution in [0.1, 0.15) is 54.3 Å². The summed E-state index contributed by atoms with van der Waals surface area (Å²) in [4.78, 5) is 11.3. The van der Waals surface area contributed by atoms with Crippen LogP contribution in [0, 0.1) is 11.8 Å². The van der Waals surface area contributed by atoms with Crippen LogP contribution in [-0.2, 0) is 4.79 Å². The Kier molecular flexibility index (Phi) is 7.54. The molecule has 0 aromatic heterocycles. The predicted molar refractivity (Wildman–Crippen MR) is 63.3 cm³/mol. The standard InChI is InChI=1S/C10H19NO.C2H6.H2/c1-3-8-4-6-9(7-5-8)10(12)11-2;1-2;/h8-9H,3-7H2,1-2H3,(H,11,12);1-2H3;1H. The number of hydrogen-bond donors (Lipinski definition) is 1. The van der Waals surface area contributed by atoms with E-state index in [4.69, 9.17) is 0 Å². The smallest absolute Gasteiger partial charge is 0.222 e. The number of amides is 1. The van der Waals surface area contributed by atoms with Gasteiger partial charge in [-0.05, 0) is 31.6 Å². The van der Waals surface area contributed by atoms with Crippen LogP contribution in [0.5, 0.6) is 0 Å². The van der Waals surface area contributed by atoms with Crippen LogP contribution in [0.15, 0.2) is 0 Å². The summed E-state index contributed by atoms with van der Waals surface area (Å²) in [7, 11) is 1.73. The first kappa shape index (κ1) is 13.5. The van der Waals surface area contributed by atoms with E-state index in [1.54, 1.807) is 7.05 Å². The van der Waals surface area contributed by atoms with Gasteiger partial charge in [-0.3, -0.25) is 4.79 Å². The largest absolute Gasteiger partial charge is 0.359 e. The van der Waals surface area contributed by atoms with Crippen molar-refractivity contribution in [2.24, 2.45) is 11.8 Å². The highest BCUT2D eigenvalue weighted by Crippen LogP contribution is 2.30. The fraction of sp³-hybridized carbons (Fsp3) is 0.917. The zero-order valence-electron chi connectivity index (χ0n) is 10.1. The van der Waals surface area contributed by atoms with E-state index in [-0.39, 0.29) is 7.33 Å². The SMILES string of the molecule is CC.CCC1CCC(C(=O)NC)CC1.[HH]. The van der Waals surface area contributed by atoms with E-state index >= 15 is 0 Å². The van der Waals surface area contributed by atoms with Gasteiger partial charge in [-0.1, -0.05) is 27.2 Å². The average Bonchev–Trinajstić information content (AvgIpc) is 2.31. The van der Waals surface area contributed by atoms with Crippen molar-refractivity contribution in [1.29, 1.82) is 0 Å². The van der Waals surface area contributed by atoms with Gasteiger partial charge in [0.2, 0.25) is 5.91 Å². The van der Waals surface area contributed by atoms with Crippen LogP contribution in [-0.4, -0.2) is 13.0 Å². The first-order chi connectivity index (χ1) is 6.77. The lowest BCUT2D eigenvalue weighted by molar-refractivity contribution is -0.125. The molecule has 1 N–H and O–H groups in total. The van der Waals surface area contributed by atoms with Gasteiger partial charge in [-0.25, -0.2) is 0 Å². The quantitative estimate of drug-likeness (QED) is 0.730. The van der Waals surface area contributed by atoms with E-state index in [0.717, 1.165) is 18.8 Å². The van der Waals surface area contributed by atoms with E-state index in [1.165, 1.54) is 19.3 Å². The molecule has 0 unspecified atom stereocenters. The Hall–Kier alpha value is -0.530. The van der Waals surface area contributed by atoms with Crippen molar-refractivity contribution in [2.75, 3.05) is 7.05 Å². The van der Waals surface area contributed by atoms with Gasteiger partial charge >= 0.3 is 0 Å². The predicted octanol–water partition coefficient (Wildman–Crippen LogP) is 3.22. The first-order valence-corrected chi connectivity index (χ1v) is 5.99. The Morgan fingerprint density at radius 3 is 2.14 bits per heavy atom. The molecule has 1 fully saturated rings. The zero-order valence-corrected chi connectivity index (χ0v) is 10.1. The van der Waals surface area contributed by atoms with Gasteiger partial charge in [0.15, 0.2) is 0 Å². The average molecular weight is 201 g/mol. The third-order valence-electron chi connectivity index (χ3n) is 3.04. The molecular formula is C12H27NO. The third-order valence-corrected chi connectivity index (χ3v) is 3.04. The van der Waals surface area contributed by atoms with Crippen molar-refractivity contribution in [3.05, 3.63) is 0 Å². The van der Waals surface area contributed by atoms with Crippen molar-refractivity contribution in [3.8, 4) is 0 Å². The van der Waals surface area contributed by atoms with E-state index in [1.807, 2.05) is 13.8 Å². The molecule has 2 heteroatoms. The molecule has 0 bridgehead atoms. The van der Waals surface area contributed by atoms with E-state index in [2.05, 4.69) is 12.2 Å². The molecule has 1 saturated carbocycles. The number of carbonyl (C=O) groups excluding carboxylic acids is 1. The van der Waals surface area contributed by atoms with Crippen molar-refractivity contribution in [3.63, 3.8) is 0 Å². The minimum Gasteiger partial charge on any atom is -0.359 e. The Balaban J connectivity index is 0. The fourth-order valence-corrected chi connectivity index (χ4v) is 2.04. The van der Waals surface area contributed by atoms with Gasteiger partial charge in [0.05, 0.1) is 0 Å². The van der Waals surface area contributed by atoms with E-state index in [0.29, 0.717) is 5.92 Å². The van der Waals surface area contributed by atoms with Crippen LogP contribution < -0.4 is 5.32 Å². The van der Waals surface area contributed by atoms with E-state index in [9.17, 15) is 4.79 Å². The second-order valence-electron chi connectivity index (χ2n) is 3.74. The molecule has 0 aliphatic heterocycles. The Labute approximate surface area is 89.9 Å². The summed E-state index contributed by atoms with van der Waals surface area (Å²) < 4.78 is 0. The van der Waals surface area contributed by atoms with Gasteiger partial charge in [-0.2, -0.15) is 0 Å². The maximum atomic E-state index is 11.3. The topological polar surface area (TPSA) is 29.1 Å². The molecule has 0 atom stereocenters. The Bertz CT molecular complexity index is 154. The molecule has 0 saturated heterocycles. The van der Waals surface area contributed by atoms with Crippen molar-refractivity contribution in [2.45, 2.75) is 52.9 Å². The second-order valence-corrected chi connectivity index (χ2v) is 3.74. The van der Waals surface area contributed by atoms with Crippen LogP contribution in [0.25, 0.3) is 0 Å². The molecule has 0 radical (unpaired) electrons. The molecule has 0 aromatic carbocycles. The molecule has 1 aliphatic rings. The minimum atomic E-state index is 0. The van der Waals surface area contributed by atoms with Crippen LogP contribution in [0.3, 0.4) is 0 Å². The summed E-state index contributed by atoms with van der Waals surface area (Å²) in [5.74, 6) is 1.42. The highest BCUT2D eigenvalue weighted by atomic mass is 16.1. The number of rotatable bonds is 2.